The molecule has 2 unspecified atom stereocenters. The molecule has 0 saturated carbocycles. The second-order valence-electron chi connectivity index (χ2n) is 6.52. The van der Waals surface area contributed by atoms with E-state index in [0.717, 1.165) is 0 Å². The van der Waals surface area contributed by atoms with E-state index in [1.54, 1.807) is 27.7 Å². The fourth-order valence-electron chi connectivity index (χ4n) is 2.34. The molecule has 0 aliphatic carbocycles. The summed E-state index contributed by atoms with van der Waals surface area (Å²) in [4.78, 5) is 37.0. The summed E-state index contributed by atoms with van der Waals surface area (Å²) in [5.41, 5.74) is -0.599. The Kier molecular flexibility index (Phi) is 4.11. The van der Waals surface area contributed by atoms with Gasteiger partial charge >= 0.3 is 12.1 Å². The van der Waals surface area contributed by atoms with Crippen LogP contribution in [0.4, 0.5) is 4.79 Å². The van der Waals surface area contributed by atoms with Crippen LogP contribution in [-0.4, -0.2) is 53.2 Å². The zero-order valence-corrected chi connectivity index (χ0v) is 12.8. The Morgan fingerprint density at radius 1 is 1.38 bits per heavy atom. The maximum atomic E-state index is 12.1. The van der Waals surface area contributed by atoms with Crippen molar-refractivity contribution in [1.82, 2.24) is 10.2 Å². The van der Waals surface area contributed by atoms with Crippen LogP contribution in [0.1, 0.15) is 40.5 Å². The molecule has 0 spiro atoms. The van der Waals surface area contributed by atoms with Crippen LogP contribution in [0.2, 0.25) is 0 Å². The molecule has 2 rings (SSSR count). The molecular weight excluding hydrogens is 276 g/mol. The summed E-state index contributed by atoms with van der Waals surface area (Å²) in [6.45, 7) is 7.58. The minimum atomic E-state index is -0.617. The number of carbonyl (C=O) groups excluding carboxylic acids is 3. The van der Waals surface area contributed by atoms with Gasteiger partial charge in [0.25, 0.3) is 0 Å². The van der Waals surface area contributed by atoms with Gasteiger partial charge in [-0.3, -0.25) is 9.69 Å². The summed E-state index contributed by atoms with van der Waals surface area (Å²) >= 11 is 0. The van der Waals surface area contributed by atoms with Gasteiger partial charge in [0, 0.05) is 13.0 Å². The first-order valence-electron chi connectivity index (χ1n) is 7.18. The SMILES string of the molecule is CC1CC(NC(=O)[C@H]2CCN2C(=O)OC(C)(C)C)C(=O)O1. The lowest BCUT2D eigenvalue weighted by Crippen LogP contribution is -2.60. The Morgan fingerprint density at radius 2 is 2.05 bits per heavy atom. The maximum absolute atomic E-state index is 12.1. The van der Waals surface area contributed by atoms with E-state index in [-0.39, 0.29) is 12.0 Å². The number of likely N-dealkylation sites (tertiary alicyclic amines) is 1. The number of esters is 1. The average Bonchev–Trinajstić information content (AvgIpc) is 2.52. The van der Waals surface area contributed by atoms with Crippen molar-refractivity contribution in [2.75, 3.05) is 6.54 Å². The Labute approximate surface area is 123 Å². The molecule has 0 aromatic heterocycles. The zero-order valence-electron chi connectivity index (χ0n) is 12.8. The molecule has 2 aliphatic rings. The molecule has 21 heavy (non-hydrogen) atoms. The van der Waals surface area contributed by atoms with Crippen LogP contribution in [0.25, 0.3) is 0 Å². The molecule has 0 aromatic carbocycles. The number of hydrogen-bond acceptors (Lipinski definition) is 5. The van der Waals surface area contributed by atoms with Crippen molar-refractivity contribution in [3.8, 4) is 0 Å². The lowest BCUT2D eigenvalue weighted by atomic mass is 10.0. The molecule has 0 radical (unpaired) electrons. The van der Waals surface area contributed by atoms with E-state index in [4.69, 9.17) is 9.47 Å². The molecular formula is C14H22N2O5. The van der Waals surface area contributed by atoms with Gasteiger partial charge in [-0.05, 0) is 34.1 Å². The van der Waals surface area contributed by atoms with Gasteiger partial charge in [0.15, 0.2) is 0 Å². The van der Waals surface area contributed by atoms with Crippen LogP contribution in [-0.2, 0) is 19.1 Å². The third-order valence-corrected chi connectivity index (χ3v) is 3.44. The van der Waals surface area contributed by atoms with Crippen LogP contribution in [0.5, 0.6) is 0 Å². The van der Waals surface area contributed by atoms with Crippen molar-refractivity contribution in [3.05, 3.63) is 0 Å². The van der Waals surface area contributed by atoms with Gasteiger partial charge < -0.3 is 14.8 Å². The summed E-state index contributed by atoms with van der Waals surface area (Å²) in [5, 5.41) is 2.65. The number of rotatable bonds is 2. The Hall–Kier alpha value is -1.79. The van der Waals surface area contributed by atoms with Crippen molar-refractivity contribution in [3.63, 3.8) is 0 Å². The summed E-state index contributed by atoms with van der Waals surface area (Å²) < 4.78 is 10.2. The smallest absolute Gasteiger partial charge is 0.410 e. The lowest BCUT2D eigenvalue weighted by molar-refractivity contribution is -0.144. The highest BCUT2D eigenvalue weighted by atomic mass is 16.6. The topological polar surface area (TPSA) is 84.9 Å². The van der Waals surface area contributed by atoms with E-state index in [2.05, 4.69) is 5.32 Å². The molecule has 3 atom stereocenters. The normalized spacial score (nSPS) is 28.7. The van der Waals surface area contributed by atoms with Crippen LogP contribution in [0.3, 0.4) is 0 Å². The number of cyclic esters (lactones) is 1. The molecule has 2 fully saturated rings. The van der Waals surface area contributed by atoms with Crippen molar-refractivity contribution >= 4 is 18.0 Å². The van der Waals surface area contributed by atoms with Gasteiger partial charge in [-0.2, -0.15) is 0 Å². The minimum Gasteiger partial charge on any atom is -0.461 e. The highest BCUT2D eigenvalue weighted by Crippen LogP contribution is 2.22. The third-order valence-electron chi connectivity index (χ3n) is 3.44. The quantitative estimate of drug-likeness (QED) is 0.763. The Balaban J connectivity index is 1.89. The van der Waals surface area contributed by atoms with E-state index in [1.165, 1.54) is 4.90 Å². The number of nitrogens with zero attached hydrogens (tertiary/aromatic N) is 1. The molecule has 2 heterocycles. The monoisotopic (exact) mass is 298 g/mol. The van der Waals surface area contributed by atoms with E-state index in [1.807, 2.05) is 0 Å². The molecule has 118 valence electrons. The Morgan fingerprint density at radius 3 is 2.48 bits per heavy atom. The first-order chi connectivity index (χ1) is 9.67. The van der Waals surface area contributed by atoms with E-state index < -0.39 is 29.7 Å². The van der Waals surface area contributed by atoms with E-state index >= 15 is 0 Å². The number of nitrogens with one attached hydrogen (secondary N) is 1. The van der Waals surface area contributed by atoms with Gasteiger partial charge in [-0.15, -0.1) is 0 Å². The molecule has 7 nitrogen and oxygen atoms in total. The minimum absolute atomic E-state index is 0.189. The highest BCUT2D eigenvalue weighted by molar-refractivity contribution is 5.91. The van der Waals surface area contributed by atoms with E-state index in [9.17, 15) is 14.4 Å². The van der Waals surface area contributed by atoms with Crippen LogP contribution < -0.4 is 5.32 Å². The second-order valence-corrected chi connectivity index (χ2v) is 6.52. The van der Waals surface area contributed by atoms with Crippen molar-refractivity contribution in [2.45, 2.75) is 64.3 Å². The number of amides is 2. The summed E-state index contributed by atoms with van der Waals surface area (Å²) in [7, 11) is 0. The molecule has 0 bridgehead atoms. The van der Waals surface area contributed by atoms with Crippen LogP contribution >= 0.6 is 0 Å². The molecule has 2 aliphatic heterocycles. The van der Waals surface area contributed by atoms with E-state index in [0.29, 0.717) is 19.4 Å². The first-order valence-corrected chi connectivity index (χ1v) is 7.18. The van der Waals surface area contributed by atoms with Crippen molar-refractivity contribution in [2.24, 2.45) is 0 Å². The van der Waals surface area contributed by atoms with Crippen molar-refractivity contribution < 1.29 is 23.9 Å². The average molecular weight is 298 g/mol. The molecule has 2 saturated heterocycles. The molecule has 0 aromatic rings. The molecule has 7 heteroatoms. The summed E-state index contributed by atoms with van der Waals surface area (Å²) in [6.07, 6.45) is 0.342. The Bertz CT molecular complexity index is 457. The number of hydrogen-bond donors (Lipinski definition) is 1. The molecule has 2 amide bonds. The largest absolute Gasteiger partial charge is 0.461 e. The van der Waals surface area contributed by atoms with Gasteiger partial charge in [0.05, 0.1) is 0 Å². The third kappa shape index (κ3) is 3.65. The summed E-state index contributed by atoms with van der Waals surface area (Å²) in [6, 6.07) is -1.18. The predicted molar refractivity (Wildman–Crippen MR) is 73.4 cm³/mol. The second kappa shape index (κ2) is 5.54. The maximum Gasteiger partial charge on any atom is 0.410 e. The fraction of sp³-hybridized carbons (Fsp3) is 0.786. The number of carbonyl (C=O) groups is 3. The standard InChI is InChI=1S/C14H22N2O5/c1-8-7-9(12(18)20-8)15-11(17)10-5-6-16(10)13(19)21-14(2,3)4/h8-10H,5-7H2,1-4H3,(H,15,17)/t8?,9?,10-/m1/s1. The lowest BCUT2D eigenvalue weighted by Gasteiger charge is -2.40. The number of ether oxygens (including phenoxy) is 2. The van der Waals surface area contributed by atoms with Gasteiger partial charge in [-0.25, -0.2) is 9.59 Å². The zero-order chi connectivity index (χ0) is 15.8. The molecule has 1 N–H and O–H groups in total. The van der Waals surface area contributed by atoms with Gasteiger partial charge in [0.2, 0.25) is 5.91 Å². The summed E-state index contributed by atoms with van der Waals surface area (Å²) in [5.74, 6) is -0.748. The fourth-order valence-corrected chi connectivity index (χ4v) is 2.34. The van der Waals surface area contributed by atoms with Crippen molar-refractivity contribution in [1.29, 1.82) is 0 Å². The van der Waals surface area contributed by atoms with Crippen LogP contribution in [0.15, 0.2) is 0 Å². The predicted octanol–water partition coefficient (Wildman–Crippen LogP) is 0.816. The van der Waals surface area contributed by atoms with Crippen LogP contribution in [0, 0.1) is 0 Å². The van der Waals surface area contributed by atoms with Gasteiger partial charge in [-0.1, -0.05) is 0 Å². The first kappa shape index (κ1) is 15.6. The highest BCUT2D eigenvalue weighted by Gasteiger charge is 2.42. The van der Waals surface area contributed by atoms with Gasteiger partial charge in [0.1, 0.15) is 23.8 Å².